The summed E-state index contributed by atoms with van der Waals surface area (Å²) in [5, 5.41) is 3.28. The van der Waals surface area contributed by atoms with E-state index in [1.54, 1.807) is 41.3 Å². The molecular weight excluding hydrogens is 774 g/mol. The van der Waals surface area contributed by atoms with Crippen molar-refractivity contribution in [3.8, 4) is 0 Å². The highest BCUT2D eigenvalue weighted by atomic mass is 35.5. The summed E-state index contributed by atoms with van der Waals surface area (Å²) in [5.74, 6) is -3.97. The number of dihydropyridines is 1. The number of amides is 1. The number of piperazine rings is 1. The Balaban J connectivity index is 0.00000302. The third-order valence-corrected chi connectivity index (χ3v) is 13.0. The number of benzene rings is 2. The van der Waals surface area contributed by atoms with Gasteiger partial charge in [0.1, 0.15) is 0 Å². The van der Waals surface area contributed by atoms with E-state index in [1.807, 2.05) is 0 Å². The van der Waals surface area contributed by atoms with Gasteiger partial charge in [0.2, 0.25) is 5.91 Å². The van der Waals surface area contributed by atoms with Gasteiger partial charge in [-0.05, 0) is 57.0 Å². The molecule has 4 heterocycles. The second kappa shape index (κ2) is 17.5. The first-order chi connectivity index (χ1) is 23.9. The molecule has 0 radical (unpaired) electrons. The van der Waals surface area contributed by atoms with Crippen molar-refractivity contribution in [2.75, 3.05) is 53.2 Å². The average Bonchev–Trinajstić information content (AvgIpc) is 3.29. The summed E-state index contributed by atoms with van der Waals surface area (Å²) in [5.41, 5.74) is -0.0443. The fourth-order valence-electron chi connectivity index (χ4n) is 8.02. The van der Waals surface area contributed by atoms with Crippen LogP contribution < -0.4 is 5.32 Å². The minimum Gasteiger partial charge on any atom is -0.466 e. The number of hydrogen-bond donors (Lipinski definition) is 1. The molecule has 3 atom stereocenters. The van der Waals surface area contributed by atoms with E-state index in [-0.39, 0.29) is 80.2 Å². The summed E-state index contributed by atoms with van der Waals surface area (Å²) in [7, 11) is 0.526. The number of methoxy groups -OCH3 is 2. The second-order valence-electron chi connectivity index (χ2n) is 13.3. The van der Waals surface area contributed by atoms with Crippen LogP contribution in [0.4, 0.5) is 0 Å². The zero-order valence-electron chi connectivity index (χ0n) is 29.2. The number of nitrogens with one attached hydrogen (secondary N) is 1. The number of rotatable bonds is 9. The summed E-state index contributed by atoms with van der Waals surface area (Å²) in [6, 6.07) is 14.2. The molecule has 52 heavy (non-hydrogen) atoms. The van der Waals surface area contributed by atoms with Crippen molar-refractivity contribution in [1.82, 2.24) is 20.0 Å². The lowest BCUT2D eigenvalue weighted by molar-refractivity contribution is -0.137. The first-order valence-electron chi connectivity index (χ1n) is 16.8. The number of carbonyl (C=O) groups is 3. The van der Waals surface area contributed by atoms with Crippen molar-refractivity contribution in [2.24, 2.45) is 0 Å². The molecule has 0 saturated carbocycles. The number of carbonyl (C=O) groups excluding carboxylic acids is 3. The smallest absolute Gasteiger partial charge is 0.336 e. The Morgan fingerprint density at radius 1 is 0.788 bits per heavy atom. The molecule has 3 unspecified atom stereocenters. The molecule has 4 aliphatic rings. The van der Waals surface area contributed by atoms with Crippen LogP contribution in [0.1, 0.15) is 43.6 Å². The topological polar surface area (TPSA) is 126 Å². The first kappa shape index (κ1) is 41.9. The van der Waals surface area contributed by atoms with Gasteiger partial charge < -0.3 is 24.6 Å². The van der Waals surface area contributed by atoms with Crippen LogP contribution in [0.5, 0.6) is 0 Å². The zero-order valence-corrected chi connectivity index (χ0v) is 33.1. The predicted molar refractivity (Wildman–Crippen MR) is 204 cm³/mol. The van der Waals surface area contributed by atoms with Crippen LogP contribution in [0.25, 0.3) is 0 Å². The van der Waals surface area contributed by atoms with Gasteiger partial charge in [-0.3, -0.25) is 9.69 Å². The number of halogens is 4. The normalized spacial score (nSPS) is 23.7. The third kappa shape index (κ3) is 8.43. The minimum absolute atomic E-state index is 0. The van der Waals surface area contributed by atoms with E-state index in [0.29, 0.717) is 31.2 Å². The first-order valence-corrected chi connectivity index (χ1v) is 19.2. The Morgan fingerprint density at radius 3 is 1.87 bits per heavy atom. The van der Waals surface area contributed by atoms with E-state index in [1.165, 1.54) is 32.1 Å². The molecule has 284 valence electrons. The Labute approximate surface area is 327 Å². The molecule has 3 fully saturated rings. The summed E-state index contributed by atoms with van der Waals surface area (Å²) >= 11 is 13.4. The molecule has 1 amide bonds. The minimum atomic E-state index is -4.04. The number of hydrogen-bond acceptors (Lipinski definition) is 10. The van der Waals surface area contributed by atoms with Crippen molar-refractivity contribution < 1.29 is 32.3 Å². The van der Waals surface area contributed by atoms with Gasteiger partial charge in [0.15, 0.2) is 9.84 Å². The third-order valence-electron chi connectivity index (χ3n) is 10.6. The summed E-state index contributed by atoms with van der Waals surface area (Å²) in [6.07, 6.45) is 4.46. The SMILES string of the molecule is COC(=O)C1=C(CC(=O)N2CCN(C3CC4CCC(C3)N4C)CC2)NC(CS(=O)(=O)c2ccccc2)=C(C(=O)OC)C1c1c(Cl)cccc1Cl.Cl.Cl. The Morgan fingerprint density at radius 2 is 1.33 bits per heavy atom. The molecule has 2 aromatic carbocycles. The van der Waals surface area contributed by atoms with Crippen molar-refractivity contribution in [2.45, 2.75) is 61.0 Å². The molecule has 16 heteroatoms. The van der Waals surface area contributed by atoms with Crippen molar-refractivity contribution in [1.29, 1.82) is 0 Å². The highest BCUT2D eigenvalue weighted by molar-refractivity contribution is 7.91. The van der Waals surface area contributed by atoms with Gasteiger partial charge in [-0.1, -0.05) is 47.5 Å². The van der Waals surface area contributed by atoms with E-state index in [0.717, 1.165) is 33.0 Å². The molecular formula is C36H44Cl4N4O7S. The van der Waals surface area contributed by atoms with Gasteiger partial charge >= 0.3 is 11.9 Å². The maximum atomic E-state index is 14.0. The quantitative estimate of drug-likeness (QED) is 0.346. The predicted octanol–water partition coefficient (Wildman–Crippen LogP) is 5.01. The molecule has 2 aromatic rings. The molecule has 0 aliphatic carbocycles. The van der Waals surface area contributed by atoms with Gasteiger partial charge in [-0.25, -0.2) is 18.0 Å². The fourth-order valence-corrected chi connectivity index (χ4v) is 9.98. The van der Waals surface area contributed by atoms with Crippen molar-refractivity contribution in [3.63, 3.8) is 0 Å². The Kier molecular flexibility index (Phi) is 14.1. The average molecular weight is 819 g/mol. The fraction of sp³-hybridized carbons (Fsp3) is 0.472. The number of sulfone groups is 1. The molecule has 6 rings (SSSR count). The van der Waals surface area contributed by atoms with Gasteiger partial charge in [0.25, 0.3) is 0 Å². The van der Waals surface area contributed by atoms with E-state index in [4.69, 9.17) is 32.7 Å². The van der Waals surface area contributed by atoms with Gasteiger partial charge in [-0.15, -0.1) is 24.8 Å². The molecule has 2 bridgehead atoms. The van der Waals surface area contributed by atoms with Crippen LogP contribution >= 0.6 is 48.0 Å². The number of fused-ring (bicyclic) bond motifs is 2. The molecule has 0 aromatic heterocycles. The summed E-state index contributed by atoms with van der Waals surface area (Å²) < 4.78 is 37.8. The monoisotopic (exact) mass is 816 g/mol. The van der Waals surface area contributed by atoms with Crippen LogP contribution in [0.3, 0.4) is 0 Å². The number of nitrogens with zero attached hydrogens (tertiary/aromatic N) is 3. The maximum Gasteiger partial charge on any atom is 0.336 e. The number of piperidine rings is 1. The van der Waals surface area contributed by atoms with Crippen LogP contribution in [-0.4, -0.2) is 112 Å². The number of esters is 2. The highest BCUT2D eigenvalue weighted by Gasteiger charge is 2.44. The summed E-state index contributed by atoms with van der Waals surface area (Å²) in [4.78, 5) is 48.1. The van der Waals surface area contributed by atoms with E-state index in [2.05, 4.69) is 22.2 Å². The lowest BCUT2D eigenvalue weighted by Crippen LogP contribution is -2.56. The van der Waals surface area contributed by atoms with Crippen molar-refractivity contribution in [3.05, 3.63) is 86.7 Å². The van der Waals surface area contributed by atoms with E-state index in [9.17, 15) is 22.8 Å². The molecule has 4 aliphatic heterocycles. The van der Waals surface area contributed by atoms with Crippen molar-refractivity contribution >= 4 is 75.7 Å². The second-order valence-corrected chi connectivity index (χ2v) is 16.1. The zero-order chi connectivity index (χ0) is 35.7. The van der Waals surface area contributed by atoms with E-state index >= 15 is 0 Å². The highest BCUT2D eigenvalue weighted by Crippen LogP contribution is 2.46. The standard InChI is InChI=1S/C36H42Cl2N4O7S.2ClH/c1-40-22-12-13-23(40)19-24(18-22)41-14-16-42(17-15-41)30(43)20-28-32(35(44)48-2)34(31-26(37)10-7-11-27(31)38)33(36(45)49-3)29(39-28)21-50(46,47)25-8-5-4-6-9-25;;/h4-11,22-24,34,39H,12-21H2,1-3H3;2*1H. The van der Waals surface area contributed by atoms with Crippen LogP contribution in [-0.2, 0) is 33.7 Å². The molecule has 11 nitrogen and oxygen atoms in total. The maximum absolute atomic E-state index is 14.0. The number of ether oxygens (including phenoxy) is 2. The van der Waals surface area contributed by atoms with Gasteiger partial charge in [0.05, 0.1) is 48.4 Å². The van der Waals surface area contributed by atoms with Crippen LogP contribution in [0.2, 0.25) is 10.0 Å². The lowest BCUT2D eigenvalue weighted by Gasteiger charge is -2.45. The van der Waals surface area contributed by atoms with E-state index < -0.39 is 33.4 Å². The van der Waals surface area contributed by atoms with Crippen LogP contribution in [0.15, 0.2) is 76.0 Å². The molecule has 3 saturated heterocycles. The van der Waals surface area contributed by atoms with Gasteiger partial charge in [0, 0.05) is 71.3 Å². The van der Waals surface area contributed by atoms with Gasteiger partial charge in [-0.2, -0.15) is 0 Å². The lowest BCUT2D eigenvalue weighted by atomic mass is 9.79. The Hall–Kier alpha value is -2.84. The molecule has 1 N–H and O–H groups in total. The largest absolute Gasteiger partial charge is 0.466 e. The van der Waals surface area contributed by atoms with Crippen LogP contribution in [0, 0.1) is 0 Å². The molecule has 0 spiro atoms. The summed E-state index contributed by atoms with van der Waals surface area (Å²) in [6.45, 7) is 2.50. The Bertz CT molecular complexity index is 1800.